The first kappa shape index (κ1) is 31.7. The SMILES string of the molecule is COc1cccc(CN2CCCCNC(=O)[C@@H]3C[C@@H](CN3)N(C(=O)c3ccccc3)CCC2)c1OC.Cl.Cl. The van der Waals surface area contributed by atoms with Gasteiger partial charge in [0.1, 0.15) is 0 Å². The number of benzene rings is 2. The Kier molecular flexibility index (Phi) is 13.2. The molecule has 2 aliphatic rings. The molecular formula is C28H40Cl2N4O4. The van der Waals surface area contributed by atoms with Gasteiger partial charge in [-0.25, -0.2) is 0 Å². The Morgan fingerprint density at radius 3 is 2.45 bits per heavy atom. The number of carbonyl (C=O) groups is 2. The van der Waals surface area contributed by atoms with Gasteiger partial charge in [0, 0.05) is 49.9 Å². The van der Waals surface area contributed by atoms with Crippen LogP contribution in [0.15, 0.2) is 48.5 Å². The molecule has 210 valence electrons. The summed E-state index contributed by atoms with van der Waals surface area (Å²) in [5, 5.41) is 6.41. The van der Waals surface area contributed by atoms with Crippen LogP contribution in [0.5, 0.6) is 11.5 Å². The normalized spacial score (nSPS) is 20.8. The van der Waals surface area contributed by atoms with Gasteiger partial charge in [0.25, 0.3) is 5.91 Å². The van der Waals surface area contributed by atoms with Crippen molar-refractivity contribution in [3.05, 3.63) is 59.7 Å². The number of methoxy groups -OCH3 is 2. The average Bonchev–Trinajstić information content (AvgIpc) is 3.40. The van der Waals surface area contributed by atoms with Gasteiger partial charge in [0.15, 0.2) is 11.5 Å². The maximum atomic E-state index is 13.5. The molecule has 0 aliphatic carbocycles. The zero-order chi connectivity index (χ0) is 25.3. The summed E-state index contributed by atoms with van der Waals surface area (Å²) in [5.74, 6) is 1.54. The van der Waals surface area contributed by atoms with Crippen molar-refractivity contribution in [1.29, 1.82) is 0 Å². The van der Waals surface area contributed by atoms with Gasteiger partial charge in [0.05, 0.1) is 20.3 Å². The highest BCUT2D eigenvalue weighted by atomic mass is 35.5. The van der Waals surface area contributed by atoms with Crippen molar-refractivity contribution in [1.82, 2.24) is 20.4 Å². The van der Waals surface area contributed by atoms with Gasteiger partial charge in [-0.1, -0.05) is 30.3 Å². The molecule has 2 aliphatic heterocycles. The number of ether oxygens (including phenoxy) is 2. The van der Waals surface area contributed by atoms with Crippen molar-refractivity contribution < 1.29 is 19.1 Å². The zero-order valence-corrected chi connectivity index (χ0v) is 23.8. The number of halogens is 2. The Morgan fingerprint density at radius 1 is 0.947 bits per heavy atom. The van der Waals surface area contributed by atoms with Crippen molar-refractivity contribution >= 4 is 36.6 Å². The summed E-state index contributed by atoms with van der Waals surface area (Å²) in [5.41, 5.74) is 1.76. The first-order valence-corrected chi connectivity index (χ1v) is 12.9. The monoisotopic (exact) mass is 566 g/mol. The summed E-state index contributed by atoms with van der Waals surface area (Å²) < 4.78 is 11.2. The average molecular weight is 568 g/mol. The number of para-hydroxylation sites is 1. The molecule has 10 heteroatoms. The Hall–Kier alpha value is -2.52. The van der Waals surface area contributed by atoms with Crippen LogP contribution in [-0.4, -0.2) is 80.6 Å². The van der Waals surface area contributed by atoms with Gasteiger partial charge >= 0.3 is 0 Å². The highest BCUT2D eigenvalue weighted by molar-refractivity contribution is 5.94. The predicted molar refractivity (Wildman–Crippen MR) is 154 cm³/mol. The summed E-state index contributed by atoms with van der Waals surface area (Å²) in [4.78, 5) is 30.6. The molecule has 0 saturated carbocycles. The lowest BCUT2D eigenvalue weighted by Crippen LogP contribution is -2.43. The van der Waals surface area contributed by atoms with Gasteiger partial charge in [-0.3, -0.25) is 14.5 Å². The fourth-order valence-electron chi connectivity index (χ4n) is 5.20. The second-order valence-corrected chi connectivity index (χ2v) is 9.50. The molecule has 2 fully saturated rings. The number of nitrogens with zero attached hydrogens (tertiary/aromatic N) is 2. The molecule has 0 unspecified atom stereocenters. The molecule has 2 heterocycles. The molecule has 38 heavy (non-hydrogen) atoms. The van der Waals surface area contributed by atoms with Crippen LogP contribution in [0.1, 0.15) is 41.6 Å². The highest BCUT2D eigenvalue weighted by Crippen LogP contribution is 2.31. The third-order valence-corrected chi connectivity index (χ3v) is 7.10. The van der Waals surface area contributed by atoms with Crippen LogP contribution in [-0.2, 0) is 11.3 Å². The molecule has 2 amide bonds. The van der Waals surface area contributed by atoms with Crippen molar-refractivity contribution in [3.63, 3.8) is 0 Å². The maximum Gasteiger partial charge on any atom is 0.254 e. The molecule has 0 radical (unpaired) electrons. The van der Waals surface area contributed by atoms with E-state index in [0.717, 1.165) is 56.0 Å². The molecule has 0 aromatic heterocycles. The third kappa shape index (κ3) is 7.99. The highest BCUT2D eigenvalue weighted by Gasteiger charge is 2.35. The van der Waals surface area contributed by atoms with E-state index in [1.807, 2.05) is 47.4 Å². The molecule has 2 aromatic carbocycles. The van der Waals surface area contributed by atoms with E-state index in [2.05, 4.69) is 21.6 Å². The van der Waals surface area contributed by atoms with E-state index in [1.165, 1.54) is 0 Å². The standard InChI is InChI=1S/C28H38N4O4.2ClH/c1-35-25-13-8-12-22(26(25)36-2)20-31-15-7-6-14-29-27(33)24-18-23(19-30-24)32(17-9-16-31)28(34)21-10-4-3-5-11-21;;/h3-5,8,10-13,23-24,30H,6-7,9,14-20H2,1-2H3,(H,29,33);2*1H/t23-,24-;;/m0../s1. The largest absolute Gasteiger partial charge is 0.493 e. The number of hydrogen-bond donors (Lipinski definition) is 2. The number of hydrogen-bond acceptors (Lipinski definition) is 6. The number of rotatable bonds is 5. The van der Waals surface area contributed by atoms with E-state index in [0.29, 0.717) is 31.6 Å². The van der Waals surface area contributed by atoms with E-state index in [4.69, 9.17) is 9.47 Å². The Labute approximate surface area is 238 Å². The number of nitrogens with one attached hydrogen (secondary N) is 2. The zero-order valence-electron chi connectivity index (χ0n) is 22.2. The number of amides is 2. The molecule has 2 N–H and O–H groups in total. The summed E-state index contributed by atoms with van der Waals surface area (Å²) >= 11 is 0. The van der Waals surface area contributed by atoms with Crippen LogP contribution in [0.3, 0.4) is 0 Å². The van der Waals surface area contributed by atoms with E-state index in [1.54, 1.807) is 14.2 Å². The molecular weight excluding hydrogens is 527 g/mol. The van der Waals surface area contributed by atoms with Crippen molar-refractivity contribution in [3.8, 4) is 11.5 Å². The van der Waals surface area contributed by atoms with Crippen LogP contribution in [0.25, 0.3) is 0 Å². The topological polar surface area (TPSA) is 83.1 Å². The molecule has 2 bridgehead atoms. The van der Waals surface area contributed by atoms with Crippen molar-refractivity contribution in [2.45, 2.75) is 44.3 Å². The quantitative estimate of drug-likeness (QED) is 0.576. The minimum Gasteiger partial charge on any atom is -0.493 e. The van der Waals surface area contributed by atoms with Crippen LogP contribution < -0.4 is 20.1 Å². The lowest BCUT2D eigenvalue weighted by Gasteiger charge is -2.31. The minimum absolute atomic E-state index is 0. The summed E-state index contributed by atoms with van der Waals surface area (Å²) in [7, 11) is 3.32. The predicted octanol–water partition coefficient (Wildman–Crippen LogP) is 3.52. The van der Waals surface area contributed by atoms with Crippen LogP contribution >= 0.6 is 24.8 Å². The van der Waals surface area contributed by atoms with E-state index in [-0.39, 0.29) is 48.7 Å². The van der Waals surface area contributed by atoms with E-state index in [9.17, 15) is 9.59 Å². The summed E-state index contributed by atoms with van der Waals surface area (Å²) in [6, 6.07) is 15.1. The van der Waals surface area contributed by atoms with Crippen LogP contribution in [0.2, 0.25) is 0 Å². The summed E-state index contributed by atoms with van der Waals surface area (Å²) in [6.45, 7) is 4.40. The lowest BCUT2D eigenvalue weighted by atomic mass is 10.1. The van der Waals surface area contributed by atoms with Gasteiger partial charge < -0.3 is 25.0 Å². The Morgan fingerprint density at radius 2 is 1.71 bits per heavy atom. The van der Waals surface area contributed by atoms with E-state index >= 15 is 0 Å². The Bertz CT molecular complexity index is 1030. The van der Waals surface area contributed by atoms with Gasteiger partial charge in [-0.2, -0.15) is 0 Å². The van der Waals surface area contributed by atoms with Crippen molar-refractivity contribution in [2.75, 3.05) is 46.9 Å². The first-order chi connectivity index (χ1) is 17.6. The molecule has 2 saturated heterocycles. The molecule has 4 rings (SSSR count). The van der Waals surface area contributed by atoms with Crippen LogP contribution in [0.4, 0.5) is 0 Å². The maximum absolute atomic E-state index is 13.5. The smallest absolute Gasteiger partial charge is 0.254 e. The van der Waals surface area contributed by atoms with Gasteiger partial charge in [0.2, 0.25) is 5.91 Å². The van der Waals surface area contributed by atoms with E-state index < -0.39 is 0 Å². The second-order valence-electron chi connectivity index (χ2n) is 9.50. The van der Waals surface area contributed by atoms with Crippen LogP contribution in [0, 0.1) is 0 Å². The van der Waals surface area contributed by atoms with Crippen molar-refractivity contribution in [2.24, 2.45) is 0 Å². The second kappa shape index (κ2) is 15.8. The summed E-state index contributed by atoms with van der Waals surface area (Å²) in [6.07, 6.45) is 3.37. The molecule has 8 nitrogen and oxygen atoms in total. The molecule has 0 spiro atoms. The molecule has 2 atom stereocenters. The molecule has 2 aromatic rings. The van der Waals surface area contributed by atoms with Gasteiger partial charge in [-0.15, -0.1) is 24.8 Å². The minimum atomic E-state index is -0.249. The third-order valence-electron chi connectivity index (χ3n) is 7.10. The Balaban J connectivity index is 0.00000253. The number of carbonyl (C=O) groups excluding carboxylic acids is 2. The lowest BCUT2D eigenvalue weighted by molar-refractivity contribution is -0.122. The number of fused-ring (bicyclic) bond motifs is 2. The van der Waals surface area contributed by atoms with Gasteiger partial charge in [-0.05, 0) is 50.4 Å². The fraction of sp³-hybridized carbons (Fsp3) is 0.500. The first-order valence-electron chi connectivity index (χ1n) is 12.9. The fourth-order valence-corrected chi connectivity index (χ4v) is 5.20.